The Balaban J connectivity index is 2.81. The van der Waals surface area contributed by atoms with Gasteiger partial charge in [0.1, 0.15) is 5.82 Å². The lowest BCUT2D eigenvalue weighted by atomic mass is 10.2. The molecule has 78 valence electrons. The largest absolute Gasteiger partial charge is 0.494 e. The molecule has 2 aromatic rings. The van der Waals surface area contributed by atoms with E-state index in [1.807, 2.05) is 0 Å². The van der Waals surface area contributed by atoms with Crippen LogP contribution in [-0.2, 0) is 0 Å². The maximum absolute atomic E-state index is 13.2. The SMILES string of the molecule is COc1cc2nc(F)cc(F)c2cc1F. The van der Waals surface area contributed by atoms with Gasteiger partial charge >= 0.3 is 0 Å². The van der Waals surface area contributed by atoms with Crippen LogP contribution in [0.1, 0.15) is 0 Å². The molecular weight excluding hydrogens is 207 g/mol. The second kappa shape index (κ2) is 3.42. The fourth-order valence-electron chi connectivity index (χ4n) is 1.31. The molecule has 0 unspecified atom stereocenters. The van der Waals surface area contributed by atoms with Crippen LogP contribution in [0.15, 0.2) is 18.2 Å². The van der Waals surface area contributed by atoms with Gasteiger partial charge in [-0.3, -0.25) is 0 Å². The lowest BCUT2D eigenvalue weighted by Gasteiger charge is -2.04. The first kappa shape index (κ1) is 9.76. The first-order chi connectivity index (χ1) is 7.11. The minimum atomic E-state index is -0.950. The van der Waals surface area contributed by atoms with Crippen molar-refractivity contribution in [2.45, 2.75) is 0 Å². The third kappa shape index (κ3) is 1.60. The van der Waals surface area contributed by atoms with Crippen LogP contribution in [0.25, 0.3) is 10.9 Å². The number of hydrogen-bond donors (Lipinski definition) is 0. The van der Waals surface area contributed by atoms with E-state index < -0.39 is 17.6 Å². The van der Waals surface area contributed by atoms with Crippen LogP contribution in [0.5, 0.6) is 5.75 Å². The Labute approximate surface area is 83.3 Å². The Hall–Kier alpha value is -1.78. The highest BCUT2D eigenvalue weighted by Crippen LogP contribution is 2.25. The summed E-state index contributed by atoms with van der Waals surface area (Å²) >= 11 is 0. The second-order valence-electron chi connectivity index (χ2n) is 2.93. The van der Waals surface area contributed by atoms with Crippen molar-refractivity contribution in [2.24, 2.45) is 0 Å². The maximum atomic E-state index is 13.2. The van der Waals surface area contributed by atoms with Crippen molar-refractivity contribution in [2.75, 3.05) is 7.11 Å². The van der Waals surface area contributed by atoms with Gasteiger partial charge in [-0.2, -0.15) is 4.39 Å². The molecule has 15 heavy (non-hydrogen) atoms. The summed E-state index contributed by atoms with van der Waals surface area (Å²) in [6.45, 7) is 0. The van der Waals surface area contributed by atoms with Crippen LogP contribution in [0.2, 0.25) is 0 Å². The average Bonchev–Trinajstić information content (AvgIpc) is 2.18. The second-order valence-corrected chi connectivity index (χ2v) is 2.93. The monoisotopic (exact) mass is 213 g/mol. The fraction of sp³-hybridized carbons (Fsp3) is 0.100. The van der Waals surface area contributed by atoms with Crippen LogP contribution in [0.3, 0.4) is 0 Å². The molecule has 0 saturated carbocycles. The van der Waals surface area contributed by atoms with Crippen LogP contribution in [0, 0.1) is 17.6 Å². The van der Waals surface area contributed by atoms with Gasteiger partial charge in [-0.05, 0) is 6.07 Å². The van der Waals surface area contributed by atoms with Gasteiger partial charge in [-0.15, -0.1) is 0 Å². The molecule has 0 atom stereocenters. The highest BCUT2D eigenvalue weighted by molar-refractivity contribution is 5.80. The van der Waals surface area contributed by atoms with E-state index in [2.05, 4.69) is 9.72 Å². The number of methoxy groups -OCH3 is 1. The molecule has 0 aliphatic carbocycles. The maximum Gasteiger partial charge on any atom is 0.216 e. The van der Waals surface area contributed by atoms with E-state index in [-0.39, 0.29) is 16.7 Å². The molecule has 0 aliphatic rings. The third-order valence-electron chi connectivity index (χ3n) is 2.00. The van der Waals surface area contributed by atoms with Gasteiger partial charge in [0.05, 0.1) is 12.6 Å². The van der Waals surface area contributed by atoms with Crippen molar-refractivity contribution in [3.63, 3.8) is 0 Å². The fourth-order valence-corrected chi connectivity index (χ4v) is 1.31. The molecule has 5 heteroatoms. The van der Waals surface area contributed by atoms with Gasteiger partial charge < -0.3 is 4.74 Å². The number of nitrogens with zero attached hydrogens (tertiary/aromatic N) is 1. The number of ether oxygens (including phenoxy) is 1. The van der Waals surface area contributed by atoms with E-state index in [9.17, 15) is 13.2 Å². The van der Waals surface area contributed by atoms with Crippen molar-refractivity contribution >= 4 is 10.9 Å². The van der Waals surface area contributed by atoms with E-state index in [4.69, 9.17) is 0 Å². The molecule has 0 N–H and O–H groups in total. The molecule has 0 aliphatic heterocycles. The normalized spacial score (nSPS) is 10.7. The number of hydrogen-bond acceptors (Lipinski definition) is 2. The molecule has 0 saturated heterocycles. The zero-order valence-electron chi connectivity index (χ0n) is 7.72. The van der Waals surface area contributed by atoms with E-state index in [0.29, 0.717) is 6.07 Å². The number of pyridine rings is 1. The molecule has 2 nitrogen and oxygen atoms in total. The molecule has 0 amide bonds. The molecule has 0 radical (unpaired) electrons. The summed E-state index contributed by atoms with van der Waals surface area (Å²) in [6.07, 6.45) is 0. The van der Waals surface area contributed by atoms with E-state index in [0.717, 1.165) is 12.1 Å². The average molecular weight is 213 g/mol. The molecule has 0 fully saturated rings. The minimum Gasteiger partial charge on any atom is -0.494 e. The van der Waals surface area contributed by atoms with Crippen LogP contribution >= 0.6 is 0 Å². The summed E-state index contributed by atoms with van der Waals surface area (Å²) in [4.78, 5) is 3.43. The molecule has 2 rings (SSSR count). The van der Waals surface area contributed by atoms with Gasteiger partial charge in [-0.1, -0.05) is 0 Å². The Kier molecular flexibility index (Phi) is 2.22. The quantitative estimate of drug-likeness (QED) is 0.679. The number of aromatic nitrogens is 1. The van der Waals surface area contributed by atoms with Gasteiger partial charge in [-0.25, -0.2) is 13.8 Å². The molecular formula is C10H6F3NO. The summed E-state index contributed by atoms with van der Waals surface area (Å²) in [5.74, 6) is -2.61. The molecule has 1 aromatic heterocycles. The minimum absolute atomic E-state index is 0.0192. The topological polar surface area (TPSA) is 22.1 Å². The predicted molar refractivity (Wildman–Crippen MR) is 48.2 cm³/mol. The highest BCUT2D eigenvalue weighted by atomic mass is 19.1. The van der Waals surface area contributed by atoms with E-state index in [1.54, 1.807) is 0 Å². The Morgan fingerprint density at radius 2 is 1.80 bits per heavy atom. The number of rotatable bonds is 1. The van der Waals surface area contributed by atoms with Crippen LogP contribution < -0.4 is 4.74 Å². The zero-order valence-corrected chi connectivity index (χ0v) is 7.72. The first-order valence-electron chi connectivity index (χ1n) is 4.11. The van der Waals surface area contributed by atoms with Crippen molar-refractivity contribution in [1.29, 1.82) is 0 Å². The Morgan fingerprint density at radius 1 is 1.07 bits per heavy atom. The van der Waals surface area contributed by atoms with Crippen molar-refractivity contribution in [3.05, 3.63) is 35.8 Å². The summed E-state index contributed by atoms with van der Waals surface area (Å²) in [5.41, 5.74) is 0.0192. The summed E-state index contributed by atoms with van der Waals surface area (Å²) in [5, 5.41) is -0.0744. The number of halogens is 3. The third-order valence-corrected chi connectivity index (χ3v) is 2.00. The van der Waals surface area contributed by atoms with Crippen molar-refractivity contribution in [1.82, 2.24) is 4.98 Å². The molecule has 1 aromatic carbocycles. The summed E-state index contributed by atoms with van der Waals surface area (Å²) in [6, 6.07) is 2.68. The van der Waals surface area contributed by atoms with Gasteiger partial charge in [0, 0.05) is 17.5 Å². The molecule has 1 heterocycles. The zero-order chi connectivity index (χ0) is 11.0. The van der Waals surface area contributed by atoms with E-state index >= 15 is 0 Å². The first-order valence-corrected chi connectivity index (χ1v) is 4.11. The summed E-state index contributed by atoms with van der Waals surface area (Å²) in [7, 11) is 1.26. The summed E-state index contributed by atoms with van der Waals surface area (Å²) < 4.78 is 43.8. The highest BCUT2D eigenvalue weighted by Gasteiger charge is 2.10. The lowest BCUT2D eigenvalue weighted by molar-refractivity contribution is 0.387. The van der Waals surface area contributed by atoms with E-state index in [1.165, 1.54) is 7.11 Å². The van der Waals surface area contributed by atoms with Gasteiger partial charge in [0.2, 0.25) is 5.95 Å². The lowest BCUT2D eigenvalue weighted by Crippen LogP contribution is -1.93. The van der Waals surface area contributed by atoms with Crippen LogP contribution in [-0.4, -0.2) is 12.1 Å². The standard InChI is InChI=1S/C10H6F3NO/c1-15-9-4-8-5(2-7(9)12)6(11)3-10(13)14-8/h2-4H,1H3. The predicted octanol–water partition coefficient (Wildman–Crippen LogP) is 2.66. The molecule has 0 bridgehead atoms. The van der Waals surface area contributed by atoms with Gasteiger partial charge in [0.25, 0.3) is 0 Å². The van der Waals surface area contributed by atoms with Crippen molar-refractivity contribution in [3.8, 4) is 5.75 Å². The van der Waals surface area contributed by atoms with Crippen molar-refractivity contribution < 1.29 is 17.9 Å². The van der Waals surface area contributed by atoms with Crippen LogP contribution in [0.4, 0.5) is 13.2 Å². The Bertz CT molecular complexity index is 528. The molecule has 0 spiro atoms. The Morgan fingerprint density at radius 3 is 2.47 bits per heavy atom. The number of fused-ring (bicyclic) bond motifs is 1. The smallest absolute Gasteiger partial charge is 0.216 e. The van der Waals surface area contributed by atoms with Gasteiger partial charge in [0.15, 0.2) is 11.6 Å². The number of benzene rings is 1.